The molecule has 1 unspecified atom stereocenters. The van der Waals surface area contributed by atoms with E-state index in [9.17, 15) is 0 Å². The van der Waals surface area contributed by atoms with Crippen molar-refractivity contribution < 1.29 is 4.74 Å². The number of ether oxygens (including phenoxy) is 1. The van der Waals surface area contributed by atoms with Gasteiger partial charge in [-0.05, 0) is 19.3 Å². The highest BCUT2D eigenvalue weighted by Gasteiger charge is 2.20. The molecule has 0 aromatic rings. The minimum absolute atomic E-state index is 0. The van der Waals surface area contributed by atoms with Gasteiger partial charge >= 0.3 is 0 Å². The lowest BCUT2D eigenvalue weighted by Gasteiger charge is -2.27. The fourth-order valence-electron chi connectivity index (χ4n) is 1.87. The molecule has 1 aliphatic heterocycles. The SMILES string of the molecule is C1CCC(NCC2CCO2)C1.Cl. The molecule has 0 radical (unpaired) electrons. The van der Waals surface area contributed by atoms with E-state index in [0.717, 1.165) is 19.2 Å². The summed E-state index contributed by atoms with van der Waals surface area (Å²) in [6.07, 6.45) is 7.40. The summed E-state index contributed by atoms with van der Waals surface area (Å²) in [6.45, 7) is 2.07. The number of nitrogens with one attached hydrogen (secondary N) is 1. The van der Waals surface area contributed by atoms with Gasteiger partial charge in [0, 0.05) is 19.2 Å². The summed E-state index contributed by atoms with van der Waals surface area (Å²) in [5.41, 5.74) is 0. The third kappa shape index (κ3) is 2.61. The molecule has 1 N–H and O–H groups in total. The average molecular weight is 192 g/mol. The van der Waals surface area contributed by atoms with Crippen molar-refractivity contribution in [3.63, 3.8) is 0 Å². The molecule has 72 valence electrons. The van der Waals surface area contributed by atoms with E-state index in [0.29, 0.717) is 6.10 Å². The van der Waals surface area contributed by atoms with Crippen molar-refractivity contribution in [3.05, 3.63) is 0 Å². The predicted molar refractivity (Wildman–Crippen MR) is 51.9 cm³/mol. The Labute approximate surface area is 80.5 Å². The van der Waals surface area contributed by atoms with Crippen LogP contribution in [0.25, 0.3) is 0 Å². The van der Waals surface area contributed by atoms with Gasteiger partial charge in [-0.15, -0.1) is 12.4 Å². The number of rotatable bonds is 3. The van der Waals surface area contributed by atoms with Crippen LogP contribution < -0.4 is 5.32 Å². The maximum Gasteiger partial charge on any atom is 0.0721 e. The second kappa shape index (κ2) is 5.05. The smallest absolute Gasteiger partial charge is 0.0721 e. The zero-order valence-electron chi connectivity index (χ0n) is 7.42. The van der Waals surface area contributed by atoms with Gasteiger partial charge < -0.3 is 10.1 Å². The van der Waals surface area contributed by atoms with Gasteiger partial charge in [0.1, 0.15) is 0 Å². The molecule has 1 atom stereocenters. The number of hydrogen-bond donors (Lipinski definition) is 1. The highest BCUT2D eigenvalue weighted by molar-refractivity contribution is 5.85. The second-order valence-corrected chi connectivity index (χ2v) is 3.67. The molecule has 2 nitrogen and oxygen atoms in total. The van der Waals surface area contributed by atoms with E-state index < -0.39 is 0 Å². The van der Waals surface area contributed by atoms with Crippen molar-refractivity contribution in [2.75, 3.05) is 13.2 Å². The third-order valence-electron chi connectivity index (χ3n) is 2.78. The summed E-state index contributed by atoms with van der Waals surface area (Å²) in [4.78, 5) is 0. The Kier molecular flexibility index (Phi) is 4.33. The molecule has 1 saturated heterocycles. The van der Waals surface area contributed by atoms with Crippen molar-refractivity contribution in [1.29, 1.82) is 0 Å². The molecule has 1 aliphatic carbocycles. The molecule has 1 heterocycles. The van der Waals surface area contributed by atoms with Gasteiger partial charge in [0.15, 0.2) is 0 Å². The van der Waals surface area contributed by atoms with E-state index in [4.69, 9.17) is 4.74 Å². The molecule has 0 bridgehead atoms. The van der Waals surface area contributed by atoms with Crippen molar-refractivity contribution in [3.8, 4) is 0 Å². The lowest BCUT2D eigenvalue weighted by molar-refractivity contribution is -0.0494. The molecule has 12 heavy (non-hydrogen) atoms. The standard InChI is InChI=1S/C9H17NO.ClH/c1-2-4-8(3-1)10-7-9-5-6-11-9;/h8-10H,1-7H2;1H. The summed E-state index contributed by atoms with van der Waals surface area (Å²) in [6, 6.07) is 0.805. The first kappa shape index (κ1) is 10.3. The summed E-state index contributed by atoms with van der Waals surface area (Å²) in [5.74, 6) is 0. The molecule has 0 amide bonds. The van der Waals surface area contributed by atoms with Crippen LogP contribution in [0.15, 0.2) is 0 Å². The Bertz CT molecular complexity index is 122. The quantitative estimate of drug-likeness (QED) is 0.734. The molecule has 0 spiro atoms. The van der Waals surface area contributed by atoms with Crippen LogP contribution in [-0.2, 0) is 4.74 Å². The summed E-state index contributed by atoms with van der Waals surface area (Å²) in [5, 5.41) is 3.56. The van der Waals surface area contributed by atoms with E-state index in [2.05, 4.69) is 5.32 Å². The lowest BCUT2D eigenvalue weighted by Crippen LogP contribution is -2.40. The average Bonchev–Trinajstić information content (AvgIpc) is 2.36. The molecule has 2 rings (SSSR count). The Morgan fingerprint density at radius 1 is 1.17 bits per heavy atom. The van der Waals surface area contributed by atoms with Gasteiger partial charge in [-0.25, -0.2) is 0 Å². The first-order valence-corrected chi connectivity index (χ1v) is 4.80. The largest absolute Gasteiger partial charge is 0.377 e. The van der Waals surface area contributed by atoms with Gasteiger partial charge in [-0.2, -0.15) is 0 Å². The van der Waals surface area contributed by atoms with Gasteiger partial charge in [0.25, 0.3) is 0 Å². The highest BCUT2D eigenvalue weighted by atomic mass is 35.5. The Balaban J connectivity index is 0.000000720. The van der Waals surface area contributed by atoms with Crippen molar-refractivity contribution in [2.24, 2.45) is 0 Å². The van der Waals surface area contributed by atoms with Gasteiger partial charge in [-0.1, -0.05) is 12.8 Å². The Morgan fingerprint density at radius 2 is 1.83 bits per heavy atom. The van der Waals surface area contributed by atoms with Crippen molar-refractivity contribution in [1.82, 2.24) is 5.32 Å². The lowest BCUT2D eigenvalue weighted by atomic mass is 10.1. The van der Waals surface area contributed by atoms with Gasteiger partial charge in [0.2, 0.25) is 0 Å². The number of halogens is 1. The topological polar surface area (TPSA) is 21.3 Å². The monoisotopic (exact) mass is 191 g/mol. The van der Waals surface area contributed by atoms with E-state index in [1.165, 1.54) is 32.1 Å². The molecule has 0 aromatic heterocycles. The highest BCUT2D eigenvalue weighted by Crippen LogP contribution is 2.18. The van der Waals surface area contributed by atoms with Crippen molar-refractivity contribution >= 4 is 12.4 Å². The van der Waals surface area contributed by atoms with E-state index in [-0.39, 0.29) is 12.4 Å². The maximum absolute atomic E-state index is 5.33. The molecule has 3 heteroatoms. The first-order chi connectivity index (χ1) is 5.45. The van der Waals surface area contributed by atoms with Crippen LogP contribution in [0, 0.1) is 0 Å². The molecule has 0 aromatic carbocycles. The summed E-state index contributed by atoms with van der Waals surface area (Å²) >= 11 is 0. The van der Waals surface area contributed by atoms with Crippen LogP contribution in [0.4, 0.5) is 0 Å². The van der Waals surface area contributed by atoms with Gasteiger partial charge in [0.05, 0.1) is 6.10 Å². The fourth-order valence-corrected chi connectivity index (χ4v) is 1.87. The molecular formula is C9H18ClNO. The summed E-state index contributed by atoms with van der Waals surface area (Å²) < 4.78 is 5.33. The van der Waals surface area contributed by atoms with Crippen LogP contribution in [0.1, 0.15) is 32.1 Å². The van der Waals surface area contributed by atoms with Crippen LogP contribution >= 0.6 is 12.4 Å². The minimum Gasteiger partial charge on any atom is -0.377 e. The van der Waals surface area contributed by atoms with Crippen LogP contribution in [0.2, 0.25) is 0 Å². The molecule has 2 aliphatic rings. The molecular weight excluding hydrogens is 174 g/mol. The Hall–Kier alpha value is 0.210. The first-order valence-electron chi connectivity index (χ1n) is 4.80. The van der Waals surface area contributed by atoms with E-state index >= 15 is 0 Å². The zero-order valence-corrected chi connectivity index (χ0v) is 8.24. The second-order valence-electron chi connectivity index (χ2n) is 3.67. The van der Waals surface area contributed by atoms with Crippen LogP contribution in [-0.4, -0.2) is 25.3 Å². The molecule has 1 saturated carbocycles. The third-order valence-corrected chi connectivity index (χ3v) is 2.78. The maximum atomic E-state index is 5.33. The van der Waals surface area contributed by atoms with Crippen molar-refractivity contribution in [2.45, 2.75) is 44.2 Å². The minimum atomic E-state index is 0. The van der Waals surface area contributed by atoms with E-state index in [1.807, 2.05) is 0 Å². The fraction of sp³-hybridized carbons (Fsp3) is 1.00. The molecule has 2 fully saturated rings. The summed E-state index contributed by atoms with van der Waals surface area (Å²) in [7, 11) is 0. The normalized spacial score (nSPS) is 29.5. The predicted octanol–water partition coefficient (Wildman–Crippen LogP) is 1.73. The zero-order chi connectivity index (χ0) is 7.52. The number of hydrogen-bond acceptors (Lipinski definition) is 2. The van der Waals surface area contributed by atoms with Gasteiger partial charge in [-0.3, -0.25) is 0 Å². The van der Waals surface area contributed by atoms with Crippen LogP contribution in [0.3, 0.4) is 0 Å². The van der Waals surface area contributed by atoms with E-state index in [1.54, 1.807) is 0 Å². The Morgan fingerprint density at radius 3 is 2.33 bits per heavy atom. The van der Waals surface area contributed by atoms with Crippen LogP contribution in [0.5, 0.6) is 0 Å².